The van der Waals surface area contributed by atoms with Gasteiger partial charge in [0.1, 0.15) is 5.75 Å². The zero-order chi connectivity index (χ0) is 13.0. The molecule has 0 spiro atoms. The third-order valence-electron chi connectivity index (χ3n) is 2.33. The molecule has 1 N–H and O–H groups in total. The van der Waals surface area contributed by atoms with Crippen LogP contribution in [-0.4, -0.2) is 38.0 Å². The van der Waals surface area contributed by atoms with Crippen molar-refractivity contribution in [2.75, 3.05) is 6.61 Å². The molecule has 0 saturated carbocycles. The van der Waals surface area contributed by atoms with Gasteiger partial charge in [0, 0.05) is 5.56 Å². The Morgan fingerprint density at radius 3 is 2.61 bits per heavy atom. The molecule has 1 aromatic carbocycles. The normalized spacial score (nSPS) is 10.9. The summed E-state index contributed by atoms with van der Waals surface area (Å²) in [6.07, 6.45) is 0.149. The molecule has 0 radical (unpaired) electrons. The topological polar surface area (TPSA) is 73.1 Å². The molecule has 0 bridgehead atoms. The van der Waals surface area contributed by atoms with E-state index < -0.39 is 0 Å². The molecule has 0 atom stereocenters. The predicted octanol–water partition coefficient (Wildman–Crippen LogP) is 1.12. The molecule has 96 valence electrons. The Labute approximate surface area is 105 Å². The van der Waals surface area contributed by atoms with Crippen molar-refractivity contribution in [3.63, 3.8) is 0 Å². The first kappa shape index (κ1) is 12.5. The van der Waals surface area contributed by atoms with Gasteiger partial charge in [0.2, 0.25) is 0 Å². The lowest BCUT2D eigenvalue weighted by atomic mass is 10.2. The number of aliphatic hydroxyl groups excluding tert-OH is 1. The maximum absolute atomic E-state index is 8.92. The standard InChI is InChI=1S/C12H16N4O2/c1-9(2)18-11-5-3-10(4-6-11)12-13-14-15-16(12)7-8-17/h3-6,9,17H,7-8H2,1-2H3. The molecule has 6 heteroatoms. The molecule has 0 aliphatic rings. The summed E-state index contributed by atoms with van der Waals surface area (Å²) in [5.74, 6) is 1.45. The molecule has 0 aliphatic carbocycles. The van der Waals surface area contributed by atoms with Crippen molar-refractivity contribution in [2.24, 2.45) is 0 Å². The van der Waals surface area contributed by atoms with E-state index in [1.807, 2.05) is 38.1 Å². The number of tetrazole rings is 1. The molecule has 0 aliphatic heterocycles. The number of aromatic nitrogens is 4. The van der Waals surface area contributed by atoms with Gasteiger partial charge < -0.3 is 9.84 Å². The van der Waals surface area contributed by atoms with Gasteiger partial charge in [-0.15, -0.1) is 5.10 Å². The van der Waals surface area contributed by atoms with E-state index in [-0.39, 0.29) is 12.7 Å². The Kier molecular flexibility index (Phi) is 3.88. The van der Waals surface area contributed by atoms with Gasteiger partial charge in [-0.25, -0.2) is 4.68 Å². The van der Waals surface area contributed by atoms with Crippen LogP contribution in [0.2, 0.25) is 0 Å². The maximum Gasteiger partial charge on any atom is 0.182 e. The molecule has 1 heterocycles. The van der Waals surface area contributed by atoms with E-state index in [9.17, 15) is 0 Å². The van der Waals surface area contributed by atoms with Gasteiger partial charge >= 0.3 is 0 Å². The van der Waals surface area contributed by atoms with Gasteiger partial charge in [0.15, 0.2) is 5.82 Å². The fraction of sp³-hybridized carbons (Fsp3) is 0.417. The van der Waals surface area contributed by atoms with Crippen molar-refractivity contribution in [1.29, 1.82) is 0 Å². The summed E-state index contributed by atoms with van der Waals surface area (Å²) in [4.78, 5) is 0. The number of nitrogens with zero attached hydrogens (tertiary/aromatic N) is 4. The molecule has 18 heavy (non-hydrogen) atoms. The highest BCUT2D eigenvalue weighted by Gasteiger charge is 2.08. The molecular weight excluding hydrogens is 232 g/mol. The summed E-state index contributed by atoms with van der Waals surface area (Å²) >= 11 is 0. The first-order valence-corrected chi connectivity index (χ1v) is 5.85. The molecule has 0 amide bonds. The molecule has 2 rings (SSSR count). The van der Waals surface area contributed by atoms with Gasteiger partial charge in [-0.2, -0.15) is 0 Å². The largest absolute Gasteiger partial charge is 0.491 e. The van der Waals surface area contributed by atoms with Crippen molar-refractivity contribution in [3.8, 4) is 17.1 Å². The van der Waals surface area contributed by atoms with Crippen molar-refractivity contribution in [3.05, 3.63) is 24.3 Å². The van der Waals surface area contributed by atoms with Gasteiger partial charge in [0.25, 0.3) is 0 Å². The summed E-state index contributed by atoms with van der Waals surface area (Å²) in [5.41, 5.74) is 0.893. The molecule has 0 saturated heterocycles. The van der Waals surface area contributed by atoms with E-state index in [1.54, 1.807) is 4.68 Å². The van der Waals surface area contributed by atoms with Crippen LogP contribution in [0.3, 0.4) is 0 Å². The second kappa shape index (κ2) is 5.59. The predicted molar refractivity (Wildman–Crippen MR) is 66.1 cm³/mol. The van der Waals surface area contributed by atoms with Gasteiger partial charge in [-0.3, -0.25) is 0 Å². The van der Waals surface area contributed by atoms with E-state index >= 15 is 0 Å². The summed E-state index contributed by atoms with van der Waals surface area (Å²) in [5, 5.41) is 20.3. The van der Waals surface area contributed by atoms with Crippen LogP contribution in [0.5, 0.6) is 5.75 Å². The Morgan fingerprint density at radius 2 is 2.00 bits per heavy atom. The van der Waals surface area contributed by atoms with E-state index in [2.05, 4.69) is 15.5 Å². The molecule has 6 nitrogen and oxygen atoms in total. The van der Waals surface area contributed by atoms with Gasteiger partial charge in [0.05, 0.1) is 19.3 Å². The first-order valence-electron chi connectivity index (χ1n) is 5.85. The summed E-state index contributed by atoms with van der Waals surface area (Å²) < 4.78 is 7.13. The highest BCUT2D eigenvalue weighted by Crippen LogP contribution is 2.20. The van der Waals surface area contributed by atoms with Crippen LogP contribution in [0.1, 0.15) is 13.8 Å². The second-order valence-electron chi connectivity index (χ2n) is 4.14. The zero-order valence-electron chi connectivity index (χ0n) is 10.4. The van der Waals surface area contributed by atoms with Gasteiger partial charge in [-0.05, 0) is 48.5 Å². The molecule has 0 fully saturated rings. The number of hydrogen-bond donors (Lipinski definition) is 1. The maximum atomic E-state index is 8.92. The monoisotopic (exact) mass is 248 g/mol. The number of aliphatic hydroxyl groups is 1. The van der Waals surface area contributed by atoms with Crippen molar-refractivity contribution in [1.82, 2.24) is 20.2 Å². The van der Waals surface area contributed by atoms with Crippen LogP contribution >= 0.6 is 0 Å². The number of hydrogen-bond acceptors (Lipinski definition) is 5. The average molecular weight is 248 g/mol. The summed E-state index contributed by atoms with van der Waals surface area (Å²) in [6, 6.07) is 7.56. The SMILES string of the molecule is CC(C)Oc1ccc(-c2nnnn2CCO)cc1. The Bertz CT molecular complexity index is 493. The number of benzene rings is 1. The minimum atomic E-state index is 0.00653. The highest BCUT2D eigenvalue weighted by molar-refractivity contribution is 5.55. The van der Waals surface area contributed by atoms with Crippen LogP contribution in [0, 0.1) is 0 Å². The average Bonchev–Trinajstić information content (AvgIpc) is 2.78. The molecule has 1 aromatic heterocycles. The number of rotatable bonds is 5. The van der Waals surface area contributed by atoms with E-state index in [0.717, 1.165) is 11.3 Å². The van der Waals surface area contributed by atoms with Crippen LogP contribution in [0.4, 0.5) is 0 Å². The highest BCUT2D eigenvalue weighted by atomic mass is 16.5. The minimum Gasteiger partial charge on any atom is -0.491 e. The Balaban J connectivity index is 2.20. The smallest absolute Gasteiger partial charge is 0.182 e. The van der Waals surface area contributed by atoms with Crippen molar-refractivity contribution < 1.29 is 9.84 Å². The minimum absolute atomic E-state index is 0.00653. The lowest BCUT2D eigenvalue weighted by Gasteiger charge is -2.09. The van der Waals surface area contributed by atoms with Crippen molar-refractivity contribution >= 4 is 0 Å². The quantitative estimate of drug-likeness (QED) is 0.858. The summed E-state index contributed by atoms with van der Waals surface area (Å²) in [7, 11) is 0. The molecule has 0 unspecified atom stereocenters. The third kappa shape index (κ3) is 2.84. The zero-order valence-corrected chi connectivity index (χ0v) is 10.4. The van der Waals surface area contributed by atoms with Crippen LogP contribution in [0.25, 0.3) is 11.4 Å². The van der Waals surface area contributed by atoms with Crippen molar-refractivity contribution in [2.45, 2.75) is 26.5 Å². The van der Waals surface area contributed by atoms with E-state index in [0.29, 0.717) is 12.4 Å². The fourth-order valence-corrected chi connectivity index (χ4v) is 1.61. The number of ether oxygens (including phenoxy) is 1. The second-order valence-corrected chi connectivity index (χ2v) is 4.14. The van der Waals surface area contributed by atoms with Crippen LogP contribution < -0.4 is 4.74 Å². The Morgan fingerprint density at radius 1 is 1.28 bits per heavy atom. The van der Waals surface area contributed by atoms with E-state index in [4.69, 9.17) is 9.84 Å². The molecular formula is C12H16N4O2. The first-order chi connectivity index (χ1) is 8.70. The lowest BCUT2D eigenvalue weighted by Crippen LogP contribution is -2.07. The van der Waals surface area contributed by atoms with Crippen LogP contribution in [-0.2, 0) is 6.54 Å². The van der Waals surface area contributed by atoms with E-state index in [1.165, 1.54) is 0 Å². The Hall–Kier alpha value is -1.95. The summed E-state index contributed by atoms with van der Waals surface area (Å²) in [6.45, 7) is 4.35. The molecule has 2 aromatic rings. The van der Waals surface area contributed by atoms with Crippen LogP contribution in [0.15, 0.2) is 24.3 Å². The lowest BCUT2D eigenvalue weighted by molar-refractivity contribution is 0.242. The third-order valence-corrected chi connectivity index (χ3v) is 2.33. The van der Waals surface area contributed by atoms with Gasteiger partial charge in [-0.1, -0.05) is 0 Å². The fourth-order valence-electron chi connectivity index (χ4n) is 1.61.